The lowest BCUT2D eigenvalue weighted by Gasteiger charge is -2.12. The van der Waals surface area contributed by atoms with Crippen LogP contribution >= 0.6 is 0 Å². The lowest BCUT2D eigenvalue weighted by Crippen LogP contribution is -2.02. The van der Waals surface area contributed by atoms with Crippen molar-refractivity contribution in [1.82, 2.24) is 24.1 Å². The second-order valence-electron chi connectivity index (χ2n) is 15.2. The molecule has 13 rings (SSSR count). The Balaban J connectivity index is 1.16. The van der Waals surface area contributed by atoms with Crippen LogP contribution in [0.4, 0.5) is 0 Å². The molecule has 0 aliphatic heterocycles. The van der Waals surface area contributed by atoms with E-state index >= 15 is 0 Å². The van der Waals surface area contributed by atoms with Crippen molar-refractivity contribution < 1.29 is 4.42 Å². The molecule has 0 saturated heterocycles. The van der Waals surface area contributed by atoms with Crippen LogP contribution in [0.3, 0.4) is 0 Å². The molecular formula is C53H31N5O. The highest BCUT2D eigenvalue weighted by atomic mass is 16.3. The standard InChI is InChI=1S/C53H31N5O/c1-2-15-37(16-3-1)57-44-20-9-8-18-39(44)40-24-22-36(30-46(40)57)51-55-52(50-41-25-21-35(43-19-10-11-27-54-43)31-48(41)59-53(50)56-51)58-45-26-23-32-12-6-7-17-38(32)49(45)42-28-33-13-4-5-14-34(33)29-47(42)58/h1-31H. The van der Waals surface area contributed by atoms with E-state index in [4.69, 9.17) is 14.4 Å². The Labute approximate surface area is 336 Å². The molecule has 0 saturated carbocycles. The summed E-state index contributed by atoms with van der Waals surface area (Å²) >= 11 is 0. The Morgan fingerprint density at radius 1 is 0.407 bits per heavy atom. The zero-order valence-electron chi connectivity index (χ0n) is 31.5. The topological polar surface area (TPSA) is 61.7 Å². The minimum Gasteiger partial charge on any atom is -0.437 e. The zero-order chi connectivity index (χ0) is 38.6. The predicted molar refractivity (Wildman–Crippen MR) is 242 cm³/mol. The van der Waals surface area contributed by atoms with E-state index in [1.165, 1.54) is 37.7 Å². The number of hydrogen-bond acceptors (Lipinski definition) is 4. The normalized spacial score (nSPS) is 12.1. The van der Waals surface area contributed by atoms with Gasteiger partial charge in [0, 0.05) is 49.9 Å². The highest BCUT2D eigenvalue weighted by Crippen LogP contribution is 2.43. The average Bonchev–Trinajstić information content (AvgIpc) is 3.95. The number of nitrogens with zero attached hydrogens (tertiary/aromatic N) is 5. The van der Waals surface area contributed by atoms with Crippen LogP contribution in [-0.4, -0.2) is 24.1 Å². The molecule has 0 atom stereocenters. The van der Waals surface area contributed by atoms with Gasteiger partial charge in [-0.1, -0.05) is 115 Å². The highest BCUT2D eigenvalue weighted by molar-refractivity contribution is 6.24. The van der Waals surface area contributed by atoms with Crippen molar-refractivity contribution in [3.63, 3.8) is 0 Å². The number of para-hydroxylation sites is 2. The third-order valence-corrected chi connectivity index (χ3v) is 12.0. The minimum atomic E-state index is 0.526. The van der Waals surface area contributed by atoms with E-state index in [0.29, 0.717) is 11.5 Å². The summed E-state index contributed by atoms with van der Waals surface area (Å²) in [5.41, 5.74) is 9.47. The van der Waals surface area contributed by atoms with Crippen LogP contribution < -0.4 is 0 Å². The van der Waals surface area contributed by atoms with E-state index in [1.54, 1.807) is 0 Å². The summed E-state index contributed by atoms with van der Waals surface area (Å²) in [7, 11) is 0. The fourth-order valence-electron chi connectivity index (χ4n) is 9.31. The number of furan rings is 1. The van der Waals surface area contributed by atoms with Crippen LogP contribution in [0, 0.1) is 0 Å². The molecule has 6 heteroatoms. The first-order valence-electron chi connectivity index (χ1n) is 19.8. The molecule has 0 aliphatic carbocycles. The molecule has 0 radical (unpaired) electrons. The monoisotopic (exact) mass is 753 g/mol. The number of pyridine rings is 1. The molecule has 0 fully saturated rings. The number of hydrogen-bond donors (Lipinski definition) is 0. The lowest BCUT2D eigenvalue weighted by molar-refractivity contribution is 0.653. The number of aromatic nitrogens is 5. The Hall–Kier alpha value is -8.09. The average molecular weight is 754 g/mol. The fourth-order valence-corrected chi connectivity index (χ4v) is 9.31. The maximum Gasteiger partial charge on any atom is 0.233 e. The van der Waals surface area contributed by atoms with E-state index < -0.39 is 0 Å². The molecule has 6 nitrogen and oxygen atoms in total. The SMILES string of the molecule is c1ccc(-n2c3ccccc3c3ccc(-c4nc(-n5c6cc7ccccc7cc6c6c7ccccc7ccc65)c5c(n4)oc4cc(-c6ccccn6)ccc45)cc32)cc1. The molecule has 0 bridgehead atoms. The zero-order valence-corrected chi connectivity index (χ0v) is 31.5. The van der Waals surface area contributed by atoms with Crippen molar-refractivity contribution in [2.45, 2.75) is 0 Å². The summed E-state index contributed by atoms with van der Waals surface area (Å²) in [4.78, 5) is 15.5. The van der Waals surface area contributed by atoms with E-state index in [9.17, 15) is 0 Å². The molecule has 8 aromatic carbocycles. The highest BCUT2D eigenvalue weighted by Gasteiger charge is 2.24. The molecular weight excluding hydrogens is 723 g/mol. The van der Waals surface area contributed by atoms with Gasteiger partial charge < -0.3 is 8.98 Å². The molecule has 0 spiro atoms. The maximum atomic E-state index is 6.81. The second kappa shape index (κ2) is 12.2. The number of benzene rings is 8. The number of rotatable bonds is 4. The molecule has 59 heavy (non-hydrogen) atoms. The van der Waals surface area contributed by atoms with Crippen LogP contribution in [0.15, 0.2) is 193 Å². The van der Waals surface area contributed by atoms with Crippen molar-refractivity contribution in [2.75, 3.05) is 0 Å². The van der Waals surface area contributed by atoms with Crippen molar-refractivity contribution in [3.8, 4) is 34.2 Å². The minimum absolute atomic E-state index is 0.526. The maximum absolute atomic E-state index is 6.81. The van der Waals surface area contributed by atoms with Crippen LogP contribution in [-0.2, 0) is 0 Å². The first-order chi connectivity index (χ1) is 29.2. The largest absolute Gasteiger partial charge is 0.437 e. The molecule has 0 aliphatic rings. The molecule has 5 heterocycles. The smallest absolute Gasteiger partial charge is 0.233 e. The molecule has 274 valence electrons. The lowest BCUT2D eigenvalue weighted by atomic mass is 10.0. The van der Waals surface area contributed by atoms with Crippen LogP contribution in [0.5, 0.6) is 0 Å². The third kappa shape index (κ3) is 4.71. The summed E-state index contributed by atoms with van der Waals surface area (Å²) < 4.78 is 11.5. The molecule has 13 aromatic rings. The van der Waals surface area contributed by atoms with Gasteiger partial charge in [0.25, 0.3) is 0 Å². The van der Waals surface area contributed by atoms with Gasteiger partial charge in [-0.3, -0.25) is 9.55 Å². The summed E-state index contributed by atoms with van der Waals surface area (Å²) in [5.74, 6) is 1.35. The van der Waals surface area contributed by atoms with Gasteiger partial charge >= 0.3 is 0 Å². The quantitative estimate of drug-likeness (QED) is 0.180. The van der Waals surface area contributed by atoms with Gasteiger partial charge in [-0.05, 0) is 88.3 Å². The van der Waals surface area contributed by atoms with Crippen LogP contribution in [0.2, 0.25) is 0 Å². The second-order valence-corrected chi connectivity index (χ2v) is 15.2. The molecule has 0 N–H and O–H groups in total. The van der Waals surface area contributed by atoms with E-state index in [1.807, 2.05) is 24.4 Å². The first-order valence-corrected chi connectivity index (χ1v) is 19.8. The summed E-state index contributed by atoms with van der Waals surface area (Å²) in [5, 5.41) is 11.3. The fraction of sp³-hybridized carbons (Fsp3) is 0. The van der Waals surface area contributed by atoms with Crippen LogP contribution in [0.1, 0.15) is 0 Å². The molecule has 0 unspecified atom stereocenters. The molecule has 0 amide bonds. The summed E-state index contributed by atoms with van der Waals surface area (Å²) in [6.45, 7) is 0. The van der Waals surface area contributed by atoms with Gasteiger partial charge in [-0.2, -0.15) is 4.98 Å². The van der Waals surface area contributed by atoms with Crippen molar-refractivity contribution in [1.29, 1.82) is 0 Å². The van der Waals surface area contributed by atoms with E-state index in [2.05, 4.69) is 178 Å². The van der Waals surface area contributed by atoms with Gasteiger partial charge in [-0.15, -0.1) is 0 Å². The Kier molecular flexibility index (Phi) is 6.63. The van der Waals surface area contributed by atoms with Gasteiger partial charge in [0.1, 0.15) is 5.58 Å². The Morgan fingerprint density at radius 3 is 1.98 bits per heavy atom. The third-order valence-electron chi connectivity index (χ3n) is 12.0. The van der Waals surface area contributed by atoms with E-state index in [0.717, 1.165) is 72.1 Å². The van der Waals surface area contributed by atoms with Crippen molar-refractivity contribution in [3.05, 3.63) is 188 Å². The van der Waals surface area contributed by atoms with Gasteiger partial charge in [0.2, 0.25) is 5.71 Å². The van der Waals surface area contributed by atoms with E-state index in [-0.39, 0.29) is 0 Å². The van der Waals surface area contributed by atoms with Crippen molar-refractivity contribution in [2.24, 2.45) is 0 Å². The predicted octanol–water partition coefficient (Wildman–Crippen LogP) is 13.6. The summed E-state index contributed by atoms with van der Waals surface area (Å²) in [6.07, 6.45) is 1.82. The summed E-state index contributed by atoms with van der Waals surface area (Å²) in [6, 6.07) is 64.3. The number of fused-ring (bicyclic) bond motifs is 12. The Morgan fingerprint density at radius 2 is 1.12 bits per heavy atom. The van der Waals surface area contributed by atoms with Gasteiger partial charge in [-0.25, -0.2) is 4.98 Å². The van der Waals surface area contributed by atoms with Crippen LogP contribution in [0.25, 0.3) is 121 Å². The van der Waals surface area contributed by atoms with Crippen molar-refractivity contribution >= 4 is 87.2 Å². The Bertz CT molecular complexity index is 3840. The first kappa shape index (κ1) is 32.0. The van der Waals surface area contributed by atoms with Gasteiger partial charge in [0.15, 0.2) is 11.6 Å². The van der Waals surface area contributed by atoms with Gasteiger partial charge in [0.05, 0.1) is 33.1 Å². The molecule has 5 aromatic heterocycles.